The van der Waals surface area contributed by atoms with Gasteiger partial charge in [-0.25, -0.2) is 4.39 Å². The zero-order valence-electron chi connectivity index (χ0n) is 17.3. The van der Waals surface area contributed by atoms with Crippen LogP contribution in [0, 0.1) is 23.6 Å². The lowest BCUT2D eigenvalue weighted by Gasteiger charge is -2.55. The van der Waals surface area contributed by atoms with Crippen LogP contribution in [-0.4, -0.2) is 24.6 Å². The zero-order chi connectivity index (χ0) is 21.6. The summed E-state index contributed by atoms with van der Waals surface area (Å²) in [4.78, 5) is 25.7. The molecule has 2 aromatic carbocycles. The first-order valence-electron chi connectivity index (χ1n) is 10.7. The average molecular weight is 424 g/mol. The first-order valence-corrected chi connectivity index (χ1v) is 10.7. The number of methoxy groups -OCH3 is 1. The van der Waals surface area contributed by atoms with Crippen LogP contribution in [0.15, 0.2) is 42.5 Å². The van der Waals surface area contributed by atoms with Gasteiger partial charge >= 0.3 is 0 Å². The van der Waals surface area contributed by atoms with E-state index < -0.39 is 5.72 Å². The second-order valence-corrected chi connectivity index (χ2v) is 8.74. The largest absolute Gasteiger partial charge is 0.497 e. The van der Waals surface area contributed by atoms with E-state index in [1.54, 1.807) is 37.4 Å². The van der Waals surface area contributed by atoms with Crippen LogP contribution in [0.2, 0.25) is 0 Å². The summed E-state index contributed by atoms with van der Waals surface area (Å²) in [6, 6.07) is 11.4. The normalized spacial score (nSPS) is 28.5. The first-order chi connectivity index (χ1) is 15.0. The summed E-state index contributed by atoms with van der Waals surface area (Å²) < 4.78 is 25.1. The van der Waals surface area contributed by atoms with Crippen molar-refractivity contribution in [3.05, 3.63) is 59.4 Å². The van der Waals surface area contributed by atoms with E-state index in [-0.39, 0.29) is 35.4 Å². The molecule has 2 bridgehead atoms. The van der Waals surface area contributed by atoms with Gasteiger partial charge in [-0.15, -0.1) is 0 Å². The van der Waals surface area contributed by atoms with Gasteiger partial charge in [0.05, 0.1) is 12.7 Å². The lowest BCUT2D eigenvalue weighted by molar-refractivity contribution is -0.146. The number of ether oxygens (including phenoxy) is 2. The molecule has 1 spiro atoms. The molecule has 6 rings (SSSR count). The number of fused-ring (bicyclic) bond motifs is 3. The summed E-state index contributed by atoms with van der Waals surface area (Å²) in [5.74, 6) is 0.719. The van der Waals surface area contributed by atoms with Gasteiger partial charge in [0, 0.05) is 30.9 Å². The van der Waals surface area contributed by atoms with Crippen LogP contribution in [-0.2, 0) is 11.3 Å². The molecule has 31 heavy (non-hydrogen) atoms. The Morgan fingerprint density at radius 2 is 2.16 bits per heavy atom. The summed E-state index contributed by atoms with van der Waals surface area (Å²) in [7, 11) is 1.58. The predicted octanol–water partition coefficient (Wildman–Crippen LogP) is 3.41. The molecule has 0 aromatic heterocycles. The third-order valence-corrected chi connectivity index (χ3v) is 6.96. The molecule has 4 aliphatic rings. The van der Waals surface area contributed by atoms with Crippen LogP contribution in [0.3, 0.4) is 0 Å². The lowest BCUT2D eigenvalue weighted by Crippen LogP contribution is -2.66. The Morgan fingerprint density at radius 3 is 2.90 bits per heavy atom. The number of hydrogen-bond donors (Lipinski definition) is 2. The highest BCUT2D eigenvalue weighted by atomic mass is 19.1. The van der Waals surface area contributed by atoms with E-state index in [4.69, 9.17) is 9.47 Å². The van der Waals surface area contributed by atoms with Crippen LogP contribution in [0.5, 0.6) is 11.5 Å². The predicted molar refractivity (Wildman–Crippen MR) is 111 cm³/mol. The van der Waals surface area contributed by atoms with Crippen molar-refractivity contribution in [2.75, 3.05) is 7.11 Å². The topological polar surface area (TPSA) is 76.7 Å². The number of hydrogen-bond acceptors (Lipinski definition) is 4. The second kappa shape index (κ2) is 7.55. The molecule has 2 amide bonds. The highest BCUT2D eigenvalue weighted by Gasteiger charge is 2.57. The molecule has 0 saturated heterocycles. The van der Waals surface area contributed by atoms with Crippen molar-refractivity contribution in [3.8, 4) is 11.5 Å². The van der Waals surface area contributed by atoms with E-state index >= 15 is 0 Å². The maximum Gasteiger partial charge on any atom is 0.258 e. The number of benzene rings is 2. The monoisotopic (exact) mass is 424 g/mol. The standard InChI is InChI=1S/C24H25FN2O4/c1-30-18-7-8-19-21(11-18)31-24(27-23(19)29)12-15-5-6-16(24)10-20(15)22(28)26-13-14-3-2-4-17(25)9-14/h2-4,7-9,11,15-16,20H,5-6,10,12-13H2,1H3,(H,26,28)(H,27,29)/t15-,16+,20+,24-/m1/s1. The Bertz CT molecular complexity index is 1040. The molecule has 2 aromatic rings. The molecule has 7 heteroatoms. The van der Waals surface area contributed by atoms with Crippen molar-refractivity contribution < 1.29 is 23.5 Å². The zero-order valence-corrected chi connectivity index (χ0v) is 17.3. The van der Waals surface area contributed by atoms with Gasteiger partial charge in [-0.3, -0.25) is 9.59 Å². The Kier molecular flexibility index (Phi) is 4.84. The molecule has 6 nitrogen and oxygen atoms in total. The maximum absolute atomic E-state index is 13.4. The molecule has 4 atom stereocenters. The number of nitrogens with one attached hydrogen (secondary N) is 2. The summed E-state index contributed by atoms with van der Waals surface area (Å²) in [5, 5.41) is 6.07. The Morgan fingerprint density at radius 1 is 1.29 bits per heavy atom. The van der Waals surface area contributed by atoms with E-state index in [0.29, 0.717) is 36.4 Å². The maximum atomic E-state index is 13.4. The molecule has 0 radical (unpaired) electrons. The Labute approximate surface area is 180 Å². The van der Waals surface area contributed by atoms with Gasteiger partial charge in [0.25, 0.3) is 5.91 Å². The fraction of sp³-hybridized carbons (Fsp3) is 0.417. The summed E-state index contributed by atoms with van der Waals surface area (Å²) in [6.07, 6.45) is 3.07. The average Bonchev–Trinajstić information content (AvgIpc) is 2.77. The van der Waals surface area contributed by atoms with E-state index in [2.05, 4.69) is 10.6 Å². The minimum Gasteiger partial charge on any atom is -0.497 e. The van der Waals surface area contributed by atoms with Crippen molar-refractivity contribution in [1.82, 2.24) is 10.6 Å². The van der Waals surface area contributed by atoms with E-state index in [1.165, 1.54) is 12.1 Å². The van der Waals surface area contributed by atoms with Crippen molar-refractivity contribution in [2.45, 2.75) is 38.0 Å². The van der Waals surface area contributed by atoms with Crippen LogP contribution in [0.25, 0.3) is 0 Å². The third-order valence-electron chi connectivity index (χ3n) is 6.96. The van der Waals surface area contributed by atoms with Crippen LogP contribution < -0.4 is 20.1 Å². The van der Waals surface area contributed by atoms with Crippen LogP contribution in [0.4, 0.5) is 4.39 Å². The van der Waals surface area contributed by atoms with E-state index in [9.17, 15) is 14.0 Å². The van der Waals surface area contributed by atoms with Crippen LogP contribution in [0.1, 0.15) is 41.6 Å². The molecule has 3 aliphatic carbocycles. The fourth-order valence-electron chi connectivity index (χ4n) is 5.41. The highest BCUT2D eigenvalue weighted by molar-refractivity contribution is 5.98. The molecular weight excluding hydrogens is 399 g/mol. The van der Waals surface area contributed by atoms with Gasteiger partial charge in [0.1, 0.15) is 17.3 Å². The first kappa shape index (κ1) is 19.8. The lowest BCUT2D eigenvalue weighted by atomic mass is 9.60. The fourth-order valence-corrected chi connectivity index (χ4v) is 5.41. The number of amides is 2. The third kappa shape index (κ3) is 3.52. The molecule has 3 saturated carbocycles. The van der Waals surface area contributed by atoms with E-state index in [1.807, 2.05) is 0 Å². The van der Waals surface area contributed by atoms with Crippen molar-refractivity contribution in [3.63, 3.8) is 0 Å². The second-order valence-electron chi connectivity index (χ2n) is 8.74. The van der Waals surface area contributed by atoms with Crippen LogP contribution >= 0.6 is 0 Å². The molecule has 1 heterocycles. The number of carbonyl (C=O) groups is 2. The molecule has 0 unspecified atom stereocenters. The van der Waals surface area contributed by atoms with Gasteiger partial charge < -0.3 is 20.1 Å². The Hall–Kier alpha value is -3.09. The van der Waals surface area contributed by atoms with Gasteiger partial charge in [0.15, 0.2) is 5.72 Å². The summed E-state index contributed by atoms with van der Waals surface area (Å²) in [6.45, 7) is 0.302. The van der Waals surface area contributed by atoms with E-state index in [0.717, 1.165) is 18.4 Å². The molecule has 3 fully saturated rings. The smallest absolute Gasteiger partial charge is 0.258 e. The molecule has 1 aliphatic heterocycles. The number of carbonyl (C=O) groups excluding carboxylic acids is 2. The van der Waals surface area contributed by atoms with Crippen molar-refractivity contribution in [2.24, 2.45) is 17.8 Å². The van der Waals surface area contributed by atoms with Gasteiger partial charge in [0.2, 0.25) is 5.91 Å². The number of halogens is 1. The van der Waals surface area contributed by atoms with Gasteiger partial charge in [-0.05, 0) is 55.0 Å². The SMILES string of the molecule is COc1ccc2c(c1)O[C@@]1(C[C@H]3CC[C@H]1C[C@@H]3C(=O)NCc1cccc(F)c1)NC2=O. The van der Waals surface area contributed by atoms with Gasteiger partial charge in [-0.1, -0.05) is 12.1 Å². The molecule has 2 N–H and O–H groups in total. The van der Waals surface area contributed by atoms with Gasteiger partial charge in [-0.2, -0.15) is 0 Å². The highest BCUT2D eigenvalue weighted by Crippen LogP contribution is 2.52. The summed E-state index contributed by atoms with van der Waals surface area (Å²) in [5.41, 5.74) is 0.454. The minimum absolute atomic E-state index is 0.0157. The van der Waals surface area contributed by atoms with Crippen molar-refractivity contribution in [1.29, 1.82) is 0 Å². The minimum atomic E-state index is -0.779. The summed E-state index contributed by atoms with van der Waals surface area (Å²) >= 11 is 0. The molecule has 162 valence electrons. The van der Waals surface area contributed by atoms with Crippen molar-refractivity contribution >= 4 is 11.8 Å². The Balaban J connectivity index is 1.30. The molecular formula is C24H25FN2O4. The number of rotatable bonds is 4. The quantitative estimate of drug-likeness (QED) is 0.789.